The highest BCUT2D eigenvalue weighted by molar-refractivity contribution is 6.33. The molecule has 0 aliphatic rings. The lowest BCUT2D eigenvalue weighted by molar-refractivity contribution is 0.269. The van der Waals surface area contributed by atoms with Crippen molar-refractivity contribution in [1.29, 1.82) is 0 Å². The summed E-state index contributed by atoms with van der Waals surface area (Å²) in [5, 5.41) is 1.25. The minimum atomic E-state index is 0.321. The smallest absolute Gasteiger partial charge is 0.161 e. The summed E-state index contributed by atoms with van der Waals surface area (Å²) in [6.45, 7) is 3.26. The second-order valence-corrected chi connectivity index (χ2v) is 5.29. The maximum atomic E-state index is 6.12. The van der Waals surface area contributed by atoms with Gasteiger partial charge in [-0.1, -0.05) is 29.3 Å². The molecule has 2 rings (SSSR count). The summed E-state index contributed by atoms with van der Waals surface area (Å²) in [5.41, 5.74) is 7.46. The highest BCUT2D eigenvalue weighted by Gasteiger charge is 2.08. The molecule has 0 saturated heterocycles. The first kappa shape index (κ1) is 16.0. The van der Waals surface area contributed by atoms with Crippen LogP contribution in [0.2, 0.25) is 10.0 Å². The topological polar surface area (TPSA) is 44.5 Å². The number of halogens is 2. The van der Waals surface area contributed by atoms with Crippen molar-refractivity contribution in [1.82, 2.24) is 0 Å². The van der Waals surface area contributed by atoms with Crippen LogP contribution in [0.25, 0.3) is 0 Å². The summed E-state index contributed by atoms with van der Waals surface area (Å²) in [6, 6.07) is 10.9. The average molecular weight is 326 g/mol. The number of rotatable bonds is 6. The van der Waals surface area contributed by atoms with Crippen LogP contribution in [0.3, 0.4) is 0 Å². The Morgan fingerprint density at radius 3 is 2.52 bits per heavy atom. The van der Waals surface area contributed by atoms with Crippen molar-refractivity contribution in [3.8, 4) is 11.5 Å². The Labute approximate surface area is 134 Å². The summed E-state index contributed by atoms with van der Waals surface area (Å²) >= 11 is 12.1. The Kier molecular flexibility index (Phi) is 5.74. The molecular formula is C16H17Cl2NO2. The Hall–Kier alpha value is -1.42. The van der Waals surface area contributed by atoms with Crippen LogP contribution >= 0.6 is 23.2 Å². The minimum absolute atomic E-state index is 0.321. The molecule has 3 nitrogen and oxygen atoms in total. The molecule has 2 N–H and O–H groups in total. The number of ether oxygens (including phenoxy) is 2. The van der Waals surface area contributed by atoms with Crippen molar-refractivity contribution in [2.24, 2.45) is 5.73 Å². The molecule has 5 heteroatoms. The van der Waals surface area contributed by atoms with E-state index in [1.807, 2.05) is 25.1 Å². The predicted octanol–water partition coefficient (Wildman–Crippen LogP) is 4.43. The zero-order valence-corrected chi connectivity index (χ0v) is 13.2. The zero-order chi connectivity index (χ0) is 15.2. The molecule has 0 spiro atoms. The maximum absolute atomic E-state index is 6.12. The zero-order valence-electron chi connectivity index (χ0n) is 11.7. The summed E-state index contributed by atoms with van der Waals surface area (Å²) in [6.07, 6.45) is 0. The molecule has 0 atom stereocenters. The number of hydrogen-bond acceptors (Lipinski definition) is 3. The minimum Gasteiger partial charge on any atom is -0.490 e. The number of hydrogen-bond donors (Lipinski definition) is 1. The summed E-state index contributed by atoms with van der Waals surface area (Å²) in [4.78, 5) is 0. The van der Waals surface area contributed by atoms with Gasteiger partial charge >= 0.3 is 0 Å². The van der Waals surface area contributed by atoms with Crippen LogP contribution in [-0.2, 0) is 13.2 Å². The fraction of sp³-hybridized carbons (Fsp3) is 0.250. The first-order valence-corrected chi connectivity index (χ1v) is 7.42. The normalized spacial score (nSPS) is 10.5. The Balaban J connectivity index is 2.17. The van der Waals surface area contributed by atoms with Gasteiger partial charge in [0.05, 0.1) is 6.61 Å². The van der Waals surface area contributed by atoms with Gasteiger partial charge in [0.15, 0.2) is 11.5 Å². The van der Waals surface area contributed by atoms with Crippen LogP contribution in [0, 0.1) is 0 Å². The van der Waals surface area contributed by atoms with Gasteiger partial charge in [0.25, 0.3) is 0 Å². The fourth-order valence-corrected chi connectivity index (χ4v) is 2.24. The van der Waals surface area contributed by atoms with Crippen LogP contribution in [-0.4, -0.2) is 6.61 Å². The number of benzene rings is 2. The summed E-state index contributed by atoms with van der Waals surface area (Å²) in [7, 11) is 0. The van der Waals surface area contributed by atoms with Crippen molar-refractivity contribution >= 4 is 23.2 Å². The third-order valence-corrected chi connectivity index (χ3v) is 3.54. The summed E-state index contributed by atoms with van der Waals surface area (Å²) < 4.78 is 11.4. The van der Waals surface area contributed by atoms with Crippen molar-refractivity contribution in [3.05, 3.63) is 57.6 Å². The number of nitrogens with two attached hydrogens (primary N) is 1. The van der Waals surface area contributed by atoms with Gasteiger partial charge in [-0.2, -0.15) is 0 Å². The van der Waals surface area contributed by atoms with E-state index in [2.05, 4.69) is 0 Å². The summed E-state index contributed by atoms with van der Waals surface area (Å²) in [5.74, 6) is 1.34. The lowest BCUT2D eigenvalue weighted by Crippen LogP contribution is -2.02. The molecule has 0 saturated carbocycles. The van der Waals surface area contributed by atoms with E-state index in [0.29, 0.717) is 41.3 Å². The molecule has 0 bridgehead atoms. The first-order valence-electron chi connectivity index (χ1n) is 6.66. The Morgan fingerprint density at radius 2 is 1.81 bits per heavy atom. The van der Waals surface area contributed by atoms with Crippen molar-refractivity contribution in [2.45, 2.75) is 20.1 Å². The fourth-order valence-electron chi connectivity index (χ4n) is 1.88. The second kappa shape index (κ2) is 7.55. The molecule has 0 radical (unpaired) electrons. The lowest BCUT2D eigenvalue weighted by atomic mass is 10.2. The van der Waals surface area contributed by atoms with Gasteiger partial charge in [0.1, 0.15) is 6.61 Å². The molecule has 0 aliphatic heterocycles. The van der Waals surface area contributed by atoms with Crippen LogP contribution in [0.15, 0.2) is 36.4 Å². The van der Waals surface area contributed by atoms with Gasteiger partial charge in [-0.15, -0.1) is 0 Å². The molecule has 2 aromatic rings. The van der Waals surface area contributed by atoms with Gasteiger partial charge in [0, 0.05) is 22.2 Å². The van der Waals surface area contributed by atoms with Crippen LogP contribution in [0.5, 0.6) is 11.5 Å². The van der Waals surface area contributed by atoms with E-state index < -0.39 is 0 Å². The van der Waals surface area contributed by atoms with E-state index >= 15 is 0 Å². The first-order chi connectivity index (χ1) is 10.1. The molecule has 0 fully saturated rings. The molecule has 0 aromatic heterocycles. The van der Waals surface area contributed by atoms with Gasteiger partial charge in [0.2, 0.25) is 0 Å². The van der Waals surface area contributed by atoms with Gasteiger partial charge in [-0.3, -0.25) is 0 Å². The highest BCUT2D eigenvalue weighted by atomic mass is 35.5. The molecule has 0 unspecified atom stereocenters. The van der Waals surface area contributed by atoms with Crippen molar-refractivity contribution in [2.75, 3.05) is 6.61 Å². The van der Waals surface area contributed by atoms with Gasteiger partial charge in [-0.05, 0) is 42.8 Å². The van der Waals surface area contributed by atoms with Crippen LogP contribution in [0.1, 0.15) is 18.1 Å². The van der Waals surface area contributed by atoms with Crippen LogP contribution < -0.4 is 15.2 Å². The van der Waals surface area contributed by atoms with E-state index in [9.17, 15) is 0 Å². The quantitative estimate of drug-likeness (QED) is 0.854. The van der Waals surface area contributed by atoms with E-state index in [1.54, 1.807) is 18.2 Å². The maximum Gasteiger partial charge on any atom is 0.161 e. The Morgan fingerprint density at radius 1 is 1.00 bits per heavy atom. The SMILES string of the molecule is CCOc1cc(CN)ccc1OCc1cc(Cl)ccc1Cl. The largest absolute Gasteiger partial charge is 0.490 e. The molecule has 112 valence electrons. The molecular weight excluding hydrogens is 309 g/mol. The molecule has 2 aromatic carbocycles. The molecule has 0 aliphatic carbocycles. The molecule has 21 heavy (non-hydrogen) atoms. The molecule has 0 heterocycles. The highest BCUT2D eigenvalue weighted by Crippen LogP contribution is 2.30. The molecule has 0 amide bonds. The van der Waals surface area contributed by atoms with Crippen molar-refractivity contribution in [3.63, 3.8) is 0 Å². The Bertz CT molecular complexity index is 617. The standard InChI is InChI=1S/C16H17Cl2NO2/c1-2-20-16-7-11(9-19)3-6-15(16)21-10-12-8-13(17)4-5-14(12)18/h3-8H,2,9-10,19H2,1H3. The third kappa shape index (κ3) is 4.27. The van der Waals surface area contributed by atoms with E-state index in [4.69, 9.17) is 38.4 Å². The second-order valence-electron chi connectivity index (χ2n) is 4.44. The predicted molar refractivity (Wildman–Crippen MR) is 86.3 cm³/mol. The lowest BCUT2D eigenvalue weighted by Gasteiger charge is -2.13. The van der Waals surface area contributed by atoms with Gasteiger partial charge < -0.3 is 15.2 Å². The van der Waals surface area contributed by atoms with Crippen LogP contribution in [0.4, 0.5) is 0 Å². The monoisotopic (exact) mass is 325 g/mol. The van der Waals surface area contributed by atoms with E-state index in [1.165, 1.54) is 0 Å². The van der Waals surface area contributed by atoms with Crippen molar-refractivity contribution < 1.29 is 9.47 Å². The van der Waals surface area contributed by atoms with E-state index in [0.717, 1.165) is 11.1 Å². The van der Waals surface area contributed by atoms with E-state index in [-0.39, 0.29) is 0 Å². The average Bonchev–Trinajstić information content (AvgIpc) is 2.49. The third-order valence-electron chi connectivity index (χ3n) is 2.93. The van der Waals surface area contributed by atoms with Gasteiger partial charge in [-0.25, -0.2) is 0 Å².